The number of hydrogen-bond donors (Lipinski definition) is 0. The van der Waals surface area contributed by atoms with E-state index in [0.717, 1.165) is 15.8 Å². The maximum Gasteiger partial charge on any atom is 0.279 e. The van der Waals surface area contributed by atoms with Gasteiger partial charge < -0.3 is 9.30 Å². The average molecular weight is 423 g/mol. The Balaban J connectivity index is 1.67. The van der Waals surface area contributed by atoms with Crippen LogP contribution in [-0.4, -0.2) is 36.0 Å². The molecule has 30 heavy (non-hydrogen) atoms. The summed E-state index contributed by atoms with van der Waals surface area (Å²) in [5.41, 5.74) is 3.02. The van der Waals surface area contributed by atoms with E-state index in [1.165, 1.54) is 16.2 Å². The lowest BCUT2D eigenvalue weighted by molar-refractivity contribution is -0.121. The van der Waals surface area contributed by atoms with Gasteiger partial charge in [-0.25, -0.2) is 0 Å². The second kappa shape index (κ2) is 8.33. The summed E-state index contributed by atoms with van der Waals surface area (Å²) in [6, 6.07) is 12.5. The van der Waals surface area contributed by atoms with Gasteiger partial charge in [0.1, 0.15) is 0 Å². The molecule has 7 nitrogen and oxygen atoms in total. The Hall–Kier alpha value is -3.10. The Morgan fingerprint density at radius 1 is 1.10 bits per heavy atom. The number of nitrogens with zero attached hydrogens (tertiary/aromatic N) is 3. The molecule has 0 N–H and O–H groups in total. The summed E-state index contributed by atoms with van der Waals surface area (Å²) < 4.78 is 8.25. The van der Waals surface area contributed by atoms with Gasteiger partial charge >= 0.3 is 0 Å². The molecule has 0 atom stereocenters. The van der Waals surface area contributed by atoms with Gasteiger partial charge in [-0.2, -0.15) is 4.99 Å². The van der Waals surface area contributed by atoms with E-state index in [-0.39, 0.29) is 30.6 Å². The largest absolute Gasteiger partial charge is 0.383 e. The van der Waals surface area contributed by atoms with Crippen molar-refractivity contribution in [1.29, 1.82) is 0 Å². The maximum absolute atomic E-state index is 12.8. The highest BCUT2D eigenvalue weighted by molar-refractivity contribution is 7.16. The minimum atomic E-state index is -0.380. The second-order valence-corrected chi connectivity index (χ2v) is 8.10. The van der Waals surface area contributed by atoms with E-state index in [4.69, 9.17) is 4.74 Å². The lowest BCUT2D eigenvalue weighted by Crippen LogP contribution is -2.28. The van der Waals surface area contributed by atoms with Crippen LogP contribution in [0.3, 0.4) is 0 Å². The molecular weight excluding hydrogens is 402 g/mol. The first-order valence-electron chi connectivity index (χ1n) is 9.62. The summed E-state index contributed by atoms with van der Waals surface area (Å²) in [4.78, 5) is 42.7. The summed E-state index contributed by atoms with van der Waals surface area (Å²) in [6.45, 7) is 3.12. The van der Waals surface area contributed by atoms with Gasteiger partial charge in [0.05, 0.1) is 22.5 Å². The molecule has 1 fully saturated rings. The van der Waals surface area contributed by atoms with Crippen molar-refractivity contribution in [1.82, 2.24) is 4.57 Å². The Kier molecular flexibility index (Phi) is 5.61. The number of carbonyl (C=O) groups is 3. The molecule has 0 bridgehead atoms. The molecule has 1 aliphatic rings. The van der Waals surface area contributed by atoms with Crippen LogP contribution in [0.1, 0.15) is 28.8 Å². The van der Waals surface area contributed by atoms with Gasteiger partial charge in [0.2, 0.25) is 11.8 Å². The van der Waals surface area contributed by atoms with Crippen molar-refractivity contribution in [3.05, 3.63) is 58.4 Å². The van der Waals surface area contributed by atoms with Gasteiger partial charge in [-0.1, -0.05) is 17.4 Å². The fourth-order valence-electron chi connectivity index (χ4n) is 3.43. The van der Waals surface area contributed by atoms with Gasteiger partial charge in [0, 0.05) is 32.1 Å². The molecule has 4 rings (SSSR count). The average Bonchev–Trinajstić information content (AvgIpc) is 3.24. The number of fused-ring (bicyclic) bond motifs is 1. The molecule has 8 heteroatoms. The summed E-state index contributed by atoms with van der Waals surface area (Å²) in [5.74, 6) is -0.817. The molecule has 0 aliphatic carbocycles. The molecule has 0 saturated carbocycles. The van der Waals surface area contributed by atoms with Crippen LogP contribution < -0.4 is 9.70 Å². The molecule has 1 aromatic heterocycles. The standard InChI is InChI=1S/C22H21N3O4S/c1-14-3-8-17-18(13-14)30-22(24(17)11-12-29-2)23-21(28)15-4-6-16(7-5-15)25-19(26)9-10-20(25)27/h3-8,13H,9-12H2,1-2H3. The lowest BCUT2D eigenvalue weighted by atomic mass is 10.2. The molecule has 3 aromatic rings. The Bertz CT molecular complexity index is 1190. The second-order valence-electron chi connectivity index (χ2n) is 7.09. The van der Waals surface area contributed by atoms with Crippen LogP contribution in [0, 0.1) is 6.92 Å². The number of aromatic nitrogens is 1. The predicted molar refractivity (Wildman–Crippen MR) is 114 cm³/mol. The number of benzene rings is 2. The van der Waals surface area contributed by atoms with E-state index in [0.29, 0.717) is 29.2 Å². The van der Waals surface area contributed by atoms with Gasteiger partial charge in [0.25, 0.3) is 5.91 Å². The summed E-state index contributed by atoms with van der Waals surface area (Å²) in [5, 5.41) is 0. The number of anilines is 1. The zero-order chi connectivity index (χ0) is 21.3. The summed E-state index contributed by atoms with van der Waals surface area (Å²) in [7, 11) is 1.64. The fraction of sp³-hybridized carbons (Fsp3) is 0.273. The van der Waals surface area contributed by atoms with E-state index in [9.17, 15) is 14.4 Å². The van der Waals surface area contributed by atoms with E-state index in [2.05, 4.69) is 11.1 Å². The van der Waals surface area contributed by atoms with Gasteiger partial charge in [-0.3, -0.25) is 19.3 Å². The number of amides is 3. The number of methoxy groups -OCH3 is 1. The highest BCUT2D eigenvalue weighted by atomic mass is 32.1. The Morgan fingerprint density at radius 3 is 2.47 bits per heavy atom. The molecule has 2 aromatic carbocycles. The maximum atomic E-state index is 12.8. The zero-order valence-electron chi connectivity index (χ0n) is 16.8. The molecule has 1 saturated heterocycles. The first-order chi connectivity index (χ1) is 14.5. The quantitative estimate of drug-likeness (QED) is 0.591. The molecule has 0 unspecified atom stereocenters. The third-order valence-electron chi connectivity index (χ3n) is 4.98. The minimum Gasteiger partial charge on any atom is -0.383 e. The predicted octanol–water partition coefficient (Wildman–Crippen LogP) is 3.05. The third kappa shape index (κ3) is 3.83. The number of ether oxygens (including phenoxy) is 1. The van der Waals surface area contributed by atoms with Gasteiger partial charge in [-0.15, -0.1) is 0 Å². The number of hydrogen-bond acceptors (Lipinski definition) is 5. The number of thiazole rings is 1. The topological polar surface area (TPSA) is 81.0 Å². The first kappa shape index (κ1) is 20.2. The summed E-state index contributed by atoms with van der Waals surface area (Å²) in [6.07, 6.45) is 0.448. The molecule has 0 radical (unpaired) electrons. The van der Waals surface area contributed by atoms with Crippen LogP contribution in [-0.2, 0) is 20.9 Å². The van der Waals surface area contributed by atoms with Crippen LogP contribution in [0.25, 0.3) is 10.2 Å². The van der Waals surface area contributed by atoms with E-state index in [1.807, 2.05) is 23.6 Å². The number of imide groups is 1. The monoisotopic (exact) mass is 423 g/mol. The molecule has 2 heterocycles. The Morgan fingerprint density at radius 2 is 1.80 bits per heavy atom. The van der Waals surface area contributed by atoms with Crippen molar-refractivity contribution < 1.29 is 19.1 Å². The molecular formula is C22H21N3O4S. The van der Waals surface area contributed by atoms with E-state index < -0.39 is 0 Å². The van der Waals surface area contributed by atoms with Crippen molar-refractivity contribution in [2.45, 2.75) is 26.3 Å². The van der Waals surface area contributed by atoms with Crippen molar-refractivity contribution in [3.8, 4) is 0 Å². The van der Waals surface area contributed by atoms with E-state index in [1.54, 1.807) is 31.4 Å². The van der Waals surface area contributed by atoms with Crippen LogP contribution in [0.15, 0.2) is 47.5 Å². The number of aryl methyl sites for hydroxylation is 1. The van der Waals surface area contributed by atoms with Crippen LogP contribution >= 0.6 is 11.3 Å². The highest BCUT2D eigenvalue weighted by Gasteiger charge is 2.30. The van der Waals surface area contributed by atoms with Crippen molar-refractivity contribution in [3.63, 3.8) is 0 Å². The first-order valence-corrected chi connectivity index (χ1v) is 10.4. The molecule has 3 amide bonds. The highest BCUT2D eigenvalue weighted by Crippen LogP contribution is 2.23. The lowest BCUT2D eigenvalue weighted by Gasteiger charge is -2.13. The fourth-order valence-corrected chi connectivity index (χ4v) is 4.59. The van der Waals surface area contributed by atoms with Crippen molar-refractivity contribution in [2.24, 2.45) is 4.99 Å². The molecule has 0 spiro atoms. The van der Waals surface area contributed by atoms with Gasteiger partial charge in [-0.05, 0) is 48.9 Å². The normalized spacial score (nSPS) is 14.9. The molecule has 154 valence electrons. The number of carbonyl (C=O) groups excluding carboxylic acids is 3. The smallest absolute Gasteiger partial charge is 0.279 e. The van der Waals surface area contributed by atoms with Crippen LogP contribution in [0.5, 0.6) is 0 Å². The number of rotatable bonds is 5. The van der Waals surface area contributed by atoms with Crippen molar-refractivity contribution in [2.75, 3.05) is 18.6 Å². The molecule has 1 aliphatic heterocycles. The van der Waals surface area contributed by atoms with Gasteiger partial charge in [0.15, 0.2) is 4.80 Å². The minimum absolute atomic E-state index is 0.219. The third-order valence-corrected chi connectivity index (χ3v) is 6.02. The summed E-state index contributed by atoms with van der Waals surface area (Å²) >= 11 is 1.46. The van der Waals surface area contributed by atoms with Crippen molar-refractivity contribution >= 4 is 45.0 Å². The van der Waals surface area contributed by atoms with Crippen LogP contribution in [0.2, 0.25) is 0 Å². The SMILES string of the molecule is COCCn1c(=NC(=O)c2ccc(N3C(=O)CCC3=O)cc2)sc2cc(C)ccc21. The Labute approximate surface area is 177 Å². The van der Waals surface area contributed by atoms with E-state index >= 15 is 0 Å². The van der Waals surface area contributed by atoms with Crippen LogP contribution in [0.4, 0.5) is 5.69 Å². The zero-order valence-corrected chi connectivity index (χ0v) is 17.6.